The van der Waals surface area contributed by atoms with Gasteiger partial charge in [-0.1, -0.05) is 19.1 Å². The van der Waals surface area contributed by atoms with Crippen LogP contribution < -0.4 is 11.3 Å². The van der Waals surface area contributed by atoms with Gasteiger partial charge in [0.2, 0.25) is 0 Å². The van der Waals surface area contributed by atoms with E-state index in [1.165, 1.54) is 17.8 Å². The van der Waals surface area contributed by atoms with E-state index < -0.39 is 0 Å². The zero-order valence-electron chi connectivity index (χ0n) is 12.0. The Hall–Kier alpha value is -1.44. The fraction of sp³-hybridized carbons (Fsp3) is 0.429. The lowest BCUT2D eigenvalue weighted by atomic mass is 10.2. The van der Waals surface area contributed by atoms with Gasteiger partial charge >= 0.3 is 0 Å². The zero-order valence-corrected chi connectivity index (χ0v) is 12.8. The van der Waals surface area contributed by atoms with E-state index in [4.69, 9.17) is 5.84 Å². The first-order chi connectivity index (χ1) is 10.2. The van der Waals surface area contributed by atoms with Crippen LogP contribution >= 0.6 is 11.8 Å². The molecule has 0 saturated heterocycles. The van der Waals surface area contributed by atoms with Crippen LogP contribution in [-0.2, 0) is 13.0 Å². The third kappa shape index (κ3) is 4.52. The molecule has 0 radical (unpaired) electrons. The van der Waals surface area contributed by atoms with E-state index in [-0.39, 0.29) is 11.9 Å². The summed E-state index contributed by atoms with van der Waals surface area (Å²) in [5.41, 5.74) is 2.77. The number of nitrogens with one attached hydrogen (secondary N) is 1. The second-order valence-electron chi connectivity index (χ2n) is 4.71. The predicted molar refractivity (Wildman–Crippen MR) is 82.3 cm³/mol. The number of hydrazine groups is 1. The largest absolute Gasteiger partial charge is 0.271 e. The maximum absolute atomic E-state index is 13.6. The van der Waals surface area contributed by atoms with Crippen LogP contribution in [0.15, 0.2) is 35.5 Å². The molecule has 2 rings (SSSR count). The summed E-state index contributed by atoms with van der Waals surface area (Å²) in [6.45, 7) is 2.94. The van der Waals surface area contributed by atoms with Crippen LogP contribution in [0.2, 0.25) is 0 Å². The fourth-order valence-electron chi connectivity index (χ4n) is 1.98. The average molecular weight is 309 g/mol. The lowest BCUT2D eigenvalue weighted by molar-refractivity contribution is 0.513. The Labute approximate surface area is 128 Å². The summed E-state index contributed by atoms with van der Waals surface area (Å²) in [5.74, 6) is 6.96. The molecule has 0 amide bonds. The maximum atomic E-state index is 13.6. The number of aromatic nitrogens is 3. The monoisotopic (exact) mass is 309 g/mol. The molecule has 1 atom stereocenters. The molecule has 1 aromatic heterocycles. The van der Waals surface area contributed by atoms with Gasteiger partial charge in [0.15, 0.2) is 0 Å². The summed E-state index contributed by atoms with van der Waals surface area (Å²) in [4.78, 5) is 4.90. The van der Waals surface area contributed by atoms with Crippen molar-refractivity contribution in [1.82, 2.24) is 20.2 Å². The van der Waals surface area contributed by atoms with Gasteiger partial charge in [0.1, 0.15) is 18.0 Å². The van der Waals surface area contributed by atoms with E-state index in [1.807, 2.05) is 10.7 Å². The van der Waals surface area contributed by atoms with E-state index in [2.05, 4.69) is 22.4 Å². The van der Waals surface area contributed by atoms with Crippen LogP contribution in [0.5, 0.6) is 0 Å². The SMILES string of the molecule is CCCn1ncnc1CC(CSc1ccccc1F)NN. The Balaban J connectivity index is 1.94. The van der Waals surface area contributed by atoms with Crippen molar-refractivity contribution in [3.8, 4) is 0 Å². The molecular weight excluding hydrogens is 289 g/mol. The highest BCUT2D eigenvalue weighted by Gasteiger charge is 2.14. The topological polar surface area (TPSA) is 68.8 Å². The van der Waals surface area contributed by atoms with Crippen molar-refractivity contribution in [3.05, 3.63) is 42.2 Å². The average Bonchev–Trinajstić information content (AvgIpc) is 2.92. The lowest BCUT2D eigenvalue weighted by Gasteiger charge is -2.15. The second kappa shape index (κ2) is 8.11. The molecule has 114 valence electrons. The van der Waals surface area contributed by atoms with Gasteiger partial charge in [-0.3, -0.25) is 16.0 Å². The highest BCUT2D eigenvalue weighted by molar-refractivity contribution is 7.99. The molecule has 1 aromatic carbocycles. The minimum absolute atomic E-state index is 0.00872. The highest BCUT2D eigenvalue weighted by atomic mass is 32.2. The van der Waals surface area contributed by atoms with Crippen molar-refractivity contribution in [2.75, 3.05) is 5.75 Å². The molecule has 0 aliphatic rings. The number of nitrogens with two attached hydrogens (primary N) is 1. The predicted octanol–water partition coefficient (Wildman–Crippen LogP) is 1.99. The number of thioether (sulfide) groups is 1. The Morgan fingerprint density at radius 1 is 1.43 bits per heavy atom. The number of nitrogens with zero attached hydrogens (tertiary/aromatic N) is 3. The fourth-order valence-corrected chi connectivity index (χ4v) is 2.96. The van der Waals surface area contributed by atoms with Gasteiger partial charge < -0.3 is 0 Å². The first-order valence-corrected chi connectivity index (χ1v) is 7.93. The van der Waals surface area contributed by atoms with Crippen LogP contribution in [0.1, 0.15) is 19.2 Å². The van der Waals surface area contributed by atoms with E-state index in [1.54, 1.807) is 18.5 Å². The van der Waals surface area contributed by atoms with Crippen LogP contribution in [0, 0.1) is 5.82 Å². The van der Waals surface area contributed by atoms with Gasteiger partial charge in [0.05, 0.1) is 0 Å². The second-order valence-corrected chi connectivity index (χ2v) is 5.77. The molecule has 0 saturated carbocycles. The van der Waals surface area contributed by atoms with Gasteiger partial charge in [-0.25, -0.2) is 9.37 Å². The Morgan fingerprint density at radius 3 is 2.95 bits per heavy atom. The lowest BCUT2D eigenvalue weighted by Crippen LogP contribution is -2.39. The van der Waals surface area contributed by atoms with E-state index in [0.29, 0.717) is 17.1 Å². The van der Waals surface area contributed by atoms with Crippen molar-refractivity contribution in [2.24, 2.45) is 5.84 Å². The summed E-state index contributed by atoms with van der Waals surface area (Å²) in [7, 11) is 0. The van der Waals surface area contributed by atoms with E-state index >= 15 is 0 Å². The number of halogens is 1. The van der Waals surface area contributed by atoms with Crippen LogP contribution in [0.4, 0.5) is 4.39 Å². The molecule has 0 aliphatic heterocycles. The van der Waals surface area contributed by atoms with Crippen LogP contribution in [0.25, 0.3) is 0 Å². The Morgan fingerprint density at radius 2 is 2.24 bits per heavy atom. The van der Waals surface area contributed by atoms with Crippen molar-refractivity contribution in [3.63, 3.8) is 0 Å². The number of aryl methyl sites for hydroxylation is 1. The van der Waals surface area contributed by atoms with Crippen molar-refractivity contribution in [1.29, 1.82) is 0 Å². The number of benzene rings is 1. The molecule has 0 aliphatic carbocycles. The van der Waals surface area contributed by atoms with Gasteiger partial charge in [0.25, 0.3) is 0 Å². The molecule has 0 spiro atoms. The molecule has 2 aromatic rings. The molecule has 21 heavy (non-hydrogen) atoms. The Bertz CT molecular complexity index is 560. The standard InChI is InChI=1S/C14H20FN5S/c1-2-7-20-14(17-10-18-20)8-11(19-16)9-21-13-6-4-3-5-12(13)15/h3-6,10-11,19H,2,7-9,16H2,1H3. The summed E-state index contributed by atoms with van der Waals surface area (Å²) >= 11 is 1.45. The summed E-state index contributed by atoms with van der Waals surface area (Å²) in [6, 6.07) is 6.76. The number of rotatable bonds is 8. The summed E-state index contributed by atoms with van der Waals surface area (Å²) < 4.78 is 15.5. The first-order valence-electron chi connectivity index (χ1n) is 6.94. The highest BCUT2D eigenvalue weighted by Crippen LogP contribution is 2.22. The third-order valence-electron chi connectivity index (χ3n) is 3.07. The molecule has 0 fully saturated rings. The van der Waals surface area contributed by atoms with E-state index in [0.717, 1.165) is 18.8 Å². The minimum Gasteiger partial charge on any atom is -0.271 e. The Kier molecular flexibility index (Phi) is 6.16. The number of hydrogen-bond acceptors (Lipinski definition) is 5. The quantitative estimate of drug-likeness (QED) is 0.443. The molecule has 1 heterocycles. The van der Waals surface area contributed by atoms with Crippen molar-refractivity contribution in [2.45, 2.75) is 37.2 Å². The number of hydrogen-bond donors (Lipinski definition) is 2. The van der Waals surface area contributed by atoms with Crippen LogP contribution in [-0.4, -0.2) is 26.6 Å². The minimum atomic E-state index is -0.201. The molecule has 7 heteroatoms. The van der Waals surface area contributed by atoms with Crippen LogP contribution in [0.3, 0.4) is 0 Å². The third-order valence-corrected chi connectivity index (χ3v) is 4.28. The molecule has 3 N–H and O–H groups in total. The van der Waals surface area contributed by atoms with E-state index in [9.17, 15) is 4.39 Å². The van der Waals surface area contributed by atoms with Gasteiger partial charge in [-0.2, -0.15) is 5.10 Å². The molecular formula is C14H20FN5S. The first kappa shape index (κ1) is 15.9. The summed E-state index contributed by atoms with van der Waals surface area (Å²) in [6.07, 6.45) is 3.22. The normalized spacial score (nSPS) is 12.5. The van der Waals surface area contributed by atoms with Gasteiger partial charge in [-0.05, 0) is 18.6 Å². The zero-order chi connectivity index (χ0) is 15.1. The summed E-state index contributed by atoms with van der Waals surface area (Å²) in [5, 5.41) is 4.20. The van der Waals surface area contributed by atoms with Crippen molar-refractivity contribution >= 4 is 11.8 Å². The molecule has 5 nitrogen and oxygen atoms in total. The van der Waals surface area contributed by atoms with Gasteiger partial charge in [-0.15, -0.1) is 11.8 Å². The molecule has 0 bridgehead atoms. The van der Waals surface area contributed by atoms with Gasteiger partial charge in [0, 0.05) is 29.7 Å². The smallest absolute Gasteiger partial charge is 0.138 e. The molecule has 1 unspecified atom stereocenters. The van der Waals surface area contributed by atoms with Crippen molar-refractivity contribution < 1.29 is 4.39 Å². The maximum Gasteiger partial charge on any atom is 0.138 e.